The molecule has 1 amide bonds. The minimum atomic E-state index is -3.61. The molecule has 0 bridgehead atoms. The molecule has 1 saturated carbocycles. The maximum Gasteiger partial charge on any atom is 0.243 e. The summed E-state index contributed by atoms with van der Waals surface area (Å²) in [5, 5.41) is 6.59. The summed E-state index contributed by atoms with van der Waals surface area (Å²) in [7, 11) is -3.61. The van der Waals surface area contributed by atoms with Crippen LogP contribution < -0.4 is 10.6 Å². The lowest BCUT2D eigenvalue weighted by atomic mass is 9.71. The molecule has 2 aliphatic rings. The molecular formula is C30H35N3O3S. The van der Waals surface area contributed by atoms with Crippen LogP contribution in [-0.2, 0) is 26.6 Å². The van der Waals surface area contributed by atoms with Gasteiger partial charge in [0.25, 0.3) is 0 Å². The van der Waals surface area contributed by atoms with Crippen LogP contribution in [0, 0.1) is 0 Å². The molecular weight excluding hydrogens is 482 g/mol. The second-order valence-corrected chi connectivity index (χ2v) is 12.6. The number of fused-ring (bicyclic) bond motifs is 2. The first-order chi connectivity index (χ1) is 17.8. The van der Waals surface area contributed by atoms with Crippen LogP contribution in [0.15, 0.2) is 76.8 Å². The molecule has 6 nitrogen and oxygen atoms in total. The Kier molecular flexibility index (Phi) is 7.08. The number of hydrogen-bond acceptors (Lipinski definition) is 5. The molecule has 2 N–H and O–H groups in total. The van der Waals surface area contributed by atoms with Crippen molar-refractivity contribution in [2.45, 2.75) is 86.1 Å². The Morgan fingerprint density at radius 2 is 1.76 bits per heavy atom. The van der Waals surface area contributed by atoms with Crippen molar-refractivity contribution in [2.24, 2.45) is 0 Å². The average Bonchev–Trinajstić information content (AvgIpc) is 3.04. The molecule has 37 heavy (non-hydrogen) atoms. The standard InChI is InChI=1S/C30H35N3O3S/c1-21(2)23-8-7-9-25(18-23)37(35,36)24-12-10-22(11-13-24)19-32-29(34)28-30(15-5-3-4-6-16-30)26-20-31-17-14-27(26)33-28/h7-14,17-18,20-21,28,33H,3-6,15-16,19H2,1-2H3,(H,32,34). The van der Waals surface area contributed by atoms with Crippen LogP contribution in [0.4, 0.5) is 5.69 Å². The van der Waals surface area contributed by atoms with Gasteiger partial charge in [0.05, 0.1) is 9.79 Å². The molecule has 0 saturated heterocycles. The first-order valence-corrected chi connectivity index (χ1v) is 14.7. The maximum absolute atomic E-state index is 13.5. The van der Waals surface area contributed by atoms with Gasteiger partial charge in [0.2, 0.25) is 15.7 Å². The molecule has 1 aliphatic carbocycles. The molecule has 1 aliphatic heterocycles. The number of anilines is 1. The number of nitrogens with one attached hydrogen (secondary N) is 2. The van der Waals surface area contributed by atoms with Crippen LogP contribution in [0.25, 0.3) is 0 Å². The summed E-state index contributed by atoms with van der Waals surface area (Å²) in [4.78, 5) is 18.4. The lowest BCUT2D eigenvalue weighted by Crippen LogP contribution is -2.49. The summed E-state index contributed by atoms with van der Waals surface area (Å²) in [5.41, 5.74) is 3.79. The highest BCUT2D eigenvalue weighted by Crippen LogP contribution is 2.49. The van der Waals surface area contributed by atoms with Crippen LogP contribution in [0.3, 0.4) is 0 Å². The predicted octanol–water partition coefficient (Wildman–Crippen LogP) is 5.74. The SMILES string of the molecule is CC(C)c1cccc(S(=O)(=O)c2ccc(CNC(=O)C3Nc4ccncc4C34CCCCCC4)cc2)c1. The molecule has 7 heteroatoms. The quantitative estimate of drug-likeness (QED) is 0.435. The fourth-order valence-corrected chi connectivity index (χ4v) is 7.17. The van der Waals surface area contributed by atoms with Gasteiger partial charge in [0.1, 0.15) is 6.04 Å². The van der Waals surface area contributed by atoms with Crippen molar-refractivity contribution in [2.75, 3.05) is 5.32 Å². The first kappa shape index (κ1) is 25.5. The van der Waals surface area contributed by atoms with Gasteiger partial charge in [-0.3, -0.25) is 9.78 Å². The third kappa shape index (κ3) is 4.89. The number of carbonyl (C=O) groups is 1. The summed E-state index contributed by atoms with van der Waals surface area (Å²) in [6.45, 7) is 4.43. The first-order valence-electron chi connectivity index (χ1n) is 13.2. The number of amides is 1. The summed E-state index contributed by atoms with van der Waals surface area (Å²) in [6, 6.07) is 15.6. The van der Waals surface area contributed by atoms with Crippen LogP contribution in [0.2, 0.25) is 0 Å². The zero-order valence-corrected chi connectivity index (χ0v) is 22.4. The van der Waals surface area contributed by atoms with Gasteiger partial charge in [-0.15, -0.1) is 0 Å². The predicted molar refractivity (Wildman–Crippen MR) is 145 cm³/mol. The van der Waals surface area contributed by atoms with Gasteiger partial charge >= 0.3 is 0 Å². The molecule has 1 aromatic heterocycles. The number of rotatable bonds is 6. The van der Waals surface area contributed by atoms with Crippen molar-refractivity contribution in [3.8, 4) is 0 Å². The smallest absolute Gasteiger partial charge is 0.243 e. The molecule has 3 aromatic rings. The third-order valence-electron chi connectivity index (χ3n) is 8.00. The van der Waals surface area contributed by atoms with Crippen molar-refractivity contribution in [3.63, 3.8) is 0 Å². The number of nitrogens with zero attached hydrogens (tertiary/aromatic N) is 1. The largest absolute Gasteiger partial charge is 0.373 e. The molecule has 0 radical (unpaired) electrons. The van der Waals surface area contributed by atoms with Crippen molar-refractivity contribution in [1.29, 1.82) is 0 Å². The molecule has 1 spiro atoms. The van der Waals surface area contributed by atoms with E-state index >= 15 is 0 Å². The Labute approximate surface area is 219 Å². The maximum atomic E-state index is 13.5. The van der Waals surface area contributed by atoms with E-state index in [9.17, 15) is 13.2 Å². The van der Waals surface area contributed by atoms with E-state index < -0.39 is 9.84 Å². The zero-order valence-electron chi connectivity index (χ0n) is 21.5. The fraction of sp³-hybridized carbons (Fsp3) is 0.400. The highest BCUT2D eigenvalue weighted by Gasteiger charge is 2.50. The molecule has 194 valence electrons. The van der Waals surface area contributed by atoms with Gasteiger partial charge in [0, 0.05) is 35.6 Å². The Bertz CT molecular complexity index is 1380. The third-order valence-corrected chi connectivity index (χ3v) is 9.77. The number of aromatic nitrogens is 1. The van der Waals surface area contributed by atoms with E-state index in [0.29, 0.717) is 11.4 Å². The summed E-state index contributed by atoms with van der Waals surface area (Å²) < 4.78 is 26.4. The van der Waals surface area contributed by atoms with E-state index in [-0.39, 0.29) is 28.2 Å². The minimum absolute atomic E-state index is 0.0275. The molecule has 2 aromatic carbocycles. The minimum Gasteiger partial charge on any atom is -0.373 e. The molecule has 1 fully saturated rings. The van der Waals surface area contributed by atoms with Crippen LogP contribution in [0.1, 0.15) is 75.0 Å². The second kappa shape index (κ2) is 10.3. The average molecular weight is 518 g/mol. The van der Waals surface area contributed by atoms with Gasteiger partial charge in [-0.1, -0.05) is 63.8 Å². The molecule has 1 unspecified atom stereocenters. The summed E-state index contributed by atoms with van der Waals surface area (Å²) >= 11 is 0. The molecule has 5 rings (SSSR count). The van der Waals surface area contributed by atoms with Gasteiger partial charge < -0.3 is 10.6 Å². The Morgan fingerprint density at radius 3 is 2.46 bits per heavy atom. The van der Waals surface area contributed by atoms with E-state index in [1.807, 2.05) is 32.2 Å². The van der Waals surface area contributed by atoms with Crippen molar-refractivity contribution in [3.05, 3.63) is 83.7 Å². The topological polar surface area (TPSA) is 88.2 Å². The number of hydrogen-bond donors (Lipinski definition) is 2. The Hall–Kier alpha value is -3.19. The fourth-order valence-electron chi connectivity index (χ4n) is 5.85. The summed E-state index contributed by atoms with van der Waals surface area (Å²) in [5.74, 6) is 0.219. The van der Waals surface area contributed by atoms with E-state index in [4.69, 9.17) is 0 Å². The Morgan fingerprint density at radius 1 is 1.03 bits per heavy atom. The highest BCUT2D eigenvalue weighted by atomic mass is 32.2. The second-order valence-electron chi connectivity index (χ2n) is 10.7. The van der Waals surface area contributed by atoms with Gasteiger partial charge in [-0.05, 0) is 60.2 Å². The van der Waals surface area contributed by atoms with Crippen LogP contribution in [-0.4, -0.2) is 25.4 Å². The van der Waals surface area contributed by atoms with E-state index in [1.54, 1.807) is 48.7 Å². The van der Waals surface area contributed by atoms with Gasteiger partial charge in [-0.25, -0.2) is 8.42 Å². The Balaban J connectivity index is 1.30. The van der Waals surface area contributed by atoms with E-state index in [2.05, 4.69) is 15.6 Å². The number of benzene rings is 2. The lowest BCUT2D eigenvalue weighted by Gasteiger charge is -2.34. The number of sulfone groups is 1. The van der Waals surface area contributed by atoms with Crippen molar-refractivity contribution < 1.29 is 13.2 Å². The van der Waals surface area contributed by atoms with Crippen LogP contribution >= 0.6 is 0 Å². The number of pyridine rings is 1. The highest BCUT2D eigenvalue weighted by molar-refractivity contribution is 7.91. The van der Waals surface area contributed by atoms with Crippen LogP contribution in [0.5, 0.6) is 0 Å². The van der Waals surface area contributed by atoms with Crippen molar-refractivity contribution in [1.82, 2.24) is 10.3 Å². The van der Waals surface area contributed by atoms with Gasteiger partial charge in [0.15, 0.2) is 0 Å². The number of carbonyl (C=O) groups excluding carboxylic acids is 1. The van der Waals surface area contributed by atoms with Crippen molar-refractivity contribution >= 4 is 21.4 Å². The summed E-state index contributed by atoms with van der Waals surface area (Å²) in [6.07, 6.45) is 10.3. The normalized spacial score (nSPS) is 18.7. The van der Waals surface area contributed by atoms with E-state index in [1.165, 1.54) is 12.8 Å². The lowest BCUT2D eigenvalue weighted by molar-refractivity contribution is -0.123. The zero-order chi connectivity index (χ0) is 26.0. The molecule has 1 atom stereocenters. The molecule has 2 heterocycles. The monoisotopic (exact) mass is 517 g/mol. The van der Waals surface area contributed by atoms with E-state index in [0.717, 1.165) is 48.1 Å². The van der Waals surface area contributed by atoms with Gasteiger partial charge in [-0.2, -0.15) is 0 Å².